The summed E-state index contributed by atoms with van der Waals surface area (Å²) in [7, 11) is 12.8. The number of nitrogens with one attached hydrogen (secondary N) is 2. The number of nitrogens with zero attached hydrogens (tertiary/aromatic N) is 1. The Labute approximate surface area is 253 Å². The quantitative estimate of drug-likeness (QED) is 0.196. The van der Waals surface area contributed by atoms with Crippen molar-refractivity contribution in [2.24, 2.45) is 0 Å². The maximum atomic E-state index is 12.0. The van der Waals surface area contributed by atoms with Gasteiger partial charge in [-0.05, 0) is 41.5 Å². The van der Waals surface area contributed by atoms with Crippen LogP contribution in [0, 0.1) is 0 Å². The Balaban J connectivity index is 0.000000627. The normalized spacial score (nSPS) is 10.1. The van der Waals surface area contributed by atoms with E-state index < -0.39 is 36.5 Å². The highest BCUT2D eigenvalue weighted by Crippen LogP contribution is 2.15. The molecule has 0 saturated heterocycles. The Morgan fingerprint density at radius 2 is 1.48 bits per heavy atom. The largest absolute Gasteiger partial charge is 0.497 e. The maximum Gasteiger partial charge on any atom is 0.411 e. The van der Waals surface area contributed by atoms with Gasteiger partial charge in [-0.15, -0.1) is 0 Å². The number of benzene rings is 2. The van der Waals surface area contributed by atoms with Gasteiger partial charge in [-0.1, -0.05) is 24.3 Å². The van der Waals surface area contributed by atoms with E-state index in [0.717, 1.165) is 10.5 Å². The lowest BCUT2D eigenvalue weighted by Gasteiger charge is -2.11. The van der Waals surface area contributed by atoms with Crippen molar-refractivity contribution in [3.8, 4) is 5.75 Å². The first-order valence-corrected chi connectivity index (χ1v) is 12.4. The van der Waals surface area contributed by atoms with Gasteiger partial charge in [-0.3, -0.25) is 24.5 Å². The second kappa shape index (κ2) is 19.3. The smallest absolute Gasteiger partial charge is 0.411 e. The van der Waals surface area contributed by atoms with Crippen LogP contribution in [0.15, 0.2) is 54.1 Å². The Bertz CT molecular complexity index is 1260. The fourth-order valence-corrected chi connectivity index (χ4v) is 2.89. The number of ether oxygens (including phenoxy) is 4. The average molecular weight is 617 g/mol. The molecule has 0 aromatic heterocycles. The molecule has 0 aliphatic rings. The van der Waals surface area contributed by atoms with Crippen molar-refractivity contribution in [3.63, 3.8) is 0 Å². The van der Waals surface area contributed by atoms with E-state index in [2.05, 4.69) is 5.32 Å². The summed E-state index contributed by atoms with van der Waals surface area (Å²) in [5.74, 6) is -2.05. The predicted molar refractivity (Wildman–Crippen MR) is 153 cm³/mol. The lowest BCUT2D eigenvalue weighted by molar-refractivity contribution is -0.139. The fraction of sp³-hybridized carbons (Fsp3) is 0.296. The minimum Gasteiger partial charge on any atom is -0.497 e. The summed E-state index contributed by atoms with van der Waals surface area (Å²) in [5.41, 5.74) is 2.49. The molecule has 0 atom stereocenters. The van der Waals surface area contributed by atoms with E-state index in [-0.39, 0.29) is 26.4 Å². The first-order valence-electron chi connectivity index (χ1n) is 12.4. The molecule has 44 heavy (non-hydrogen) atoms. The minimum absolute atomic E-state index is 0.111. The molecule has 12 nitrogen and oxygen atoms in total. The number of amides is 3. The molecule has 0 unspecified atom stereocenters. The number of anilines is 1. The van der Waals surface area contributed by atoms with Crippen LogP contribution in [0.4, 0.5) is 33.2 Å². The first-order chi connectivity index (χ1) is 20.7. The molecule has 2 aromatic carbocycles. The average Bonchev–Trinajstić information content (AvgIpc) is 2.97. The molecule has 0 fully saturated rings. The molecule has 0 bridgehead atoms. The van der Waals surface area contributed by atoms with Gasteiger partial charge in [0, 0.05) is 18.3 Å². The van der Waals surface area contributed by atoms with Gasteiger partial charge >= 0.3 is 12.3 Å². The van der Waals surface area contributed by atoms with E-state index in [1.807, 2.05) is 0 Å². The summed E-state index contributed by atoms with van der Waals surface area (Å²) in [5, 5.41) is 4.24. The van der Waals surface area contributed by atoms with Crippen molar-refractivity contribution in [1.82, 2.24) is 10.2 Å². The number of rotatable bonds is 13. The van der Waals surface area contributed by atoms with Crippen molar-refractivity contribution in [2.45, 2.75) is 12.8 Å². The van der Waals surface area contributed by atoms with Crippen LogP contribution in [0.2, 0.25) is 0 Å². The van der Waals surface area contributed by atoms with Crippen molar-refractivity contribution in [1.29, 1.82) is 0 Å². The van der Waals surface area contributed by atoms with E-state index in [1.54, 1.807) is 67.0 Å². The summed E-state index contributed by atoms with van der Waals surface area (Å²) in [6, 6.07) is 13.9. The topological polar surface area (TPSA) is 150 Å². The second-order valence-electron chi connectivity index (χ2n) is 8.60. The summed E-state index contributed by atoms with van der Waals surface area (Å²) >= 11 is 0. The van der Waals surface area contributed by atoms with E-state index in [1.165, 1.54) is 7.05 Å². The van der Waals surface area contributed by atoms with Gasteiger partial charge in [0.25, 0.3) is 0 Å². The van der Waals surface area contributed by atoms with Gasteiger partial charge < -0.3 is 29.2 Å². The molecule has 2 N–H and O–H groups in total. The van der Waals surface area contributed by atoms with Crippen molar-refractivity contribution in [3.05, 3.63) is 65.2 Å². The number of alkyl halides is 3. The van der Waals surface area contributed by atoms with Crippen LogP contribution in [0.5, 0.6) is 5.75 Å². The molecule has 0 aliphatic heterocycles. The van der Waals surface area contributed by atoms with E-state index in [4.69, 9.17) is 34.6 Å². The number of hydrogen-bond acceptors (Lipinski definition) is 9. The van der Waals surface area contributed by atoms with Crippen molar-refractivity contribution in [2.75, 3.05) is 45.8 Å². The zero-order chi connectivity index (χ0) is 33.1. The number of likely N-dealkylation sites (N-methyl/N-ethyl adjacent to an activating group) is 1. The first kappa shape index (κ1) is 37.1. The molecular formula is C27H28B2F3N3O9. The van der Waals surface area contributed by atoms with Gasteiger partial charge in [0.2, 0.25) is 39.7 Å². The lowest BCUT2D eigenvalue weighted by atomic mass is 10.1. The number of halogens is 3. The van der Waals surface area contributed by atoms with Crippen molar-refractivity contribution >= 4 is 57.6 Å². The molecule has 2 aromatic rings. The van der Waals surface area contributed by atoms with Gasteiger partial charge in [-0.25, -0.2) is 4.79 Å². The van der Waals surface area contributed by atoms with Gasteiger partial charge in [0.15, 0.2) is 0 Å². The number of hydrogen-bond donors (Lipinski definition) is 2. The zero-order valence-electron chi connectivity index (χ0n) is 23.7. The molecule has 17 heteroatoms. The third-order valence-corrected chi connectivity index (χ3v) is 4.92. The highest BCUT2D eigenvalue weighted by Gasteiger charge is 2.27. The number of methoxy groups -OCH3 is 1. The third kappa shape index (κ3) is 17.8. The Morgan fingerprint density at radius 3 is 1.95 bits per heavy atom. The van der Waals surface area contributed by atoms with Crippen molar-refractivity contribution < 1.29 is 56.1 Å². The van der Waals surface area contributed by atoms with Crippen LogP contribution in [0.25, 0.3) is 6.08 Å². The van der Waals surface area contributed by atoms with Crippen LogP contribution in [0.3, 0.4) is 0 Å². The number of carbonyl (C=O) groups is 5. The maximum absolute atomic E-state index is 12.0. The standard InChI is InChI=1S/C21H19B2NO7.C6H9F3N2O2/c1-28-18-8-4-15(5-9-18)11-31-21(27)24-17-6-2-14(3-7-17)10-16(12-29-19(22)25)13-30-20(23)26;1-11(4-12)2-5(13)10-3-6(7,8)9/h2-10H,11-13H2,1H3,(H,24,27);4H,2-3H2,1H3,(H,10,13). The molecule has 0 aliphatic carbocycles. The Kier molecular flexibility index (Phi) is 16.2. The highest BCUT2D eigenvalue weighted by molar-refractivity contribution is 6.55. The van der Waals surface area contributed by atoms with Gasteiger partial charge in [0.1, 0.15) is 32.1 Å². The van der Waals surface area contributed by atoms with Crippen LogP contribution < -0.4 is 15.4 Å². The third-order valence-electron chi connectivity index (χ3n) is 4.92. The molecule has 0 spiro atoms. The highest BCUT2D eigenvalue weighted by atomic mass is 19.4. The van der Waals surface area contributed by atoms with Crippen LogP contribution in [-0.4, -0.2) is 97.4 Å². The fourth-order valence-electron chi connectivity index (χ4n) is 2.89. The Morgan fingerprint density at radius 1 is 0.909 bits per heavy atom. The minimum atomic E-state index is -4.42. The monoisotopic (exact) mass is 617 g/mol. The SMILES string of the molecule is CN(C=O)CC(=O)NCC(F)(F)F.[B]C(=O)OCC(=Cc1ccc(NC(=O)OCc2ccc(OC)cc2)cc1)COC([B])=O. The molecule has 232 valence electrons. The summed E-state index contributed by atoms with van der Waals surface area (Å²) in [4.78, 5) is 55.1. The van der Waals surface area contributed by atoms with Crippen LogP contribution in [-0.2, 0) is 30.4 Å². The zero-order valence-corrected chi connectivity index (χ0v) is 23.7. The Hall–Kier alpha value is -4.95. The lowest BCUT2D eigenvalue weighted by Crippen LogP contribution is -2.39. The second-order valence-corrected chi connectivity index (χ2v) is 8.60. The molecular weight excluding hydrogens is 589 g/mol. The predicted octanol–water partition coefficient (Wildman–Crippen LogP) is 3.19. The molecule has 4 radical (unpaired) electrons. The van der Waals surface area contributed by atoms with Gasteiger partial charge in [0.05, 0.1) is 13.7 Å². The van der Waals surface area contributed by atoms with E-state index >= 15 is 0 Å². The molecule has 0 heterocycles. The van der Waals surface area contributed by atoms with Gasteiger partial charge in [-0.2, -0.15) is 13.2 Å². The van der Waals surface area contributed by atoms with Crippen LogP contribution >= 0.6 is 0 Å². The van der Waals surface area contributed by atoms with E-state index in [0.29, 0.717) is 29.0 Å². The van der Waals surface area contributed by atoms with Crippen LogP contribution in [0.1, 0.15) is 11.1 Å². The number of carbonyl (C=O) groups excluding carboxylic acids is 5. The summed E-state index contributed by atoms with van der Waals surface area (Å²) < 4.78 is 54.3. The molecule has 0 saturated carbocycles. The molecule has 3 amide bonds. The summed E-state index contributed by atoms with van der Waals surface area (Å²) in [6.45, 7) is -1.97. The van der Waals surface area contributed by atoms with E-state index in [9.17, 15) is 37.1 Å². The molecule has 2 rings (SSSR count). The summed E-state index contributed by atoms with van der Waals surface area (Å²) in [6.07, 6.45) is -3.04.